The van der Waals surface area contributed by atoms with Gasteiger partial charge < -0.3 is 20.2 Å². The van der Waals surface area contributed by atoms with Gasteiger partial charge in [0.15, 0.2) is 0 Å². The van der Waals surface area contributed by atoms with Crippen LogP contribution in [0.25, 0.3) is 0 Å². The van der Waals surface area contributed by atoms with Crippen LogP contribution in [0.15, 0.2) is 0 Å². The minimum Gasteiger partial charge on any atom is -0.481 e. The molecule has 1 saturated heterocycles. The smallest absolute Gasteiger partial charge is 0.317 e. The van der Waals surface area contributed by atoms with Gasteiger partial charge in [-0.3, -0.25) is 4.79 Å². The van der Waals surface area contributed by atoms with E-state index in [0.717, 1.165) is 25.9 Å². The summed E-state index contributed by atoms with van der Waals surface area (Å²) >= 11 is 0. The van der Waals surface area contributed by atoms with E-state index in [-0.39, 0.29) is 18.0 Å². The number of nitrogens with zero attached hydrogens (tertiary/aromatic N) is 2. The van der Waals surface area contributed by atoms with E-state index in [9.17, 15) is 9.59 Å². The maximum Gasteiger partial charge on any atom is 0.317 e. The molecule has 0 aromatic heterocycles. The number of aliphatic carboxylic acids is 1. The predicted molar refractivity (Wildman–Crippen MR) is 75.6 cm³/mol. The number of carbonyl (C=O) groups is 2. The molecule has 0 radical (unpaired) electrons. The number of carbonyl (C=O) groups excluding carboxylic acids is 1. The SMILES string of the molecule is CN(CC1CCCN1C)C(=O)N[C@H]1CC[C@@H](C(=O)O)C1. The highest BCUT2D eigenvalue weighted by atomic mass is 16.4. The number of likely N-dealkylation sites (tertiary alicyclic amines) is 1. The van der Waals surface area contributed by atoms with Crippen LogP contribution >= 0.6 is 0 Å². The number of carboxylic acid groups (broad SMARTS) is 1. The molecule has 0 bridgehead atoms. The molecule has 1 heterocycles. The first kappa shape index (κ1) is 15.1. The summed E-state index contributed by atoms with van der Waals surface area (Å²) in [5.74, 6) is -1.05. The zero-order valence-electron chi connectivity index (χ0n) is 12.3. The van der Waals surface area contributed by atoms with E-state index in [0.29, 0.717) is 18.9 Å². The molecule has 2 aliphatic rings. The number of nitrogens with one attached hydrogen (secondary N) is 1. The van der Waals surface area contributed by atoms with E-state index in [1.54, 1.807) is 4.90 Å². The van der Waals surface area contributed by atoms with Crippen molar-refractivity contribution in [3.8, 4) is 0 Å². The molecule has 1 aliphatic carbocycles. The fraction of sp³-hybridized carbons (Fsp3) is 0.857. The van der Waals surface area contributed by atoms with Crippen LogP contribution in [0.1, 0.15) is 32.1 Å². The van der Waals surface area contributed by atoms with Gasteiger partial charge in [-0.2, -0.15) is 0 Å². The summed E-state index contributed by atoms with van der Waals surface area (Å²) in [7, 11) is 3.91. The van der Waals surface area contributed by atoms with E-state index in [1.165, 1.54) is 6.42 Å². The lowest BCUT2D eigenvalue weighted by molar-refractivity contribution is -0.141. The van der Waals surface area contributed by atoms with Crippen molar-refractivity contribution in [2.24, 2.45) is 5.92 Å². The van der Waals surface area contributed by atoms with Gasteiger partial charge in [-0.05, 0) is 45.7 Å². The first-order valence-corrected chi connectivity index (χ1v) is 7.42. The van der Waals surface area contributed by atoms with Crippen LogP contribution in [-0.4, -0.2) is 66.2 Å². The Bertz CT molecular complexity index is 375. The zero-order chi connectivity index (χ0) is 14.7. The molecule has 114 valence electrons. The average Bonchev–Trinajstić information content (AvgIpc) is 2.99. The maximum absolute atomic E-state index is 12.1. The Balaban J connectivity index is 1.75. The van der Waals surface area contributed by atoms with Gasteiger partial charge in [-0.25, -0.2) is 4.79 Å². The molecule has 0 aromatic rings. The van der Waals surface area contributed by atoms with Crippen molar-refractivity contribution >= 4 is 12.0 Å². The van der Waals surface area contributed by atoms with Gasteiger partial charge in [-0.1, -0.05) is 0 Å². The van der Waals surface area contributed by atoms with E-state index < -0.39 is 5.97 Å². The van der Waals surface area contributed by atoms with Crippen molar-refractivity contribution in [1.82, 2.24) is 15.1 Å². The van der Waals surface area contributed by atoms with Crippen molar-refractivity contribution in [3.05, 3.63) is 0 Å². The Morgan fingerprint density at radius 2 is 2.10 bits per heavy atom. The Kier molecular flexibility index (Phi) is 4.86. The molecule has 0 aromatic carbocycles. The number of rotatable bonds is 4. The molecule has 6 heteroatoms. The van der Waals surface area contributed by atoms with E-state index >= 15 is 0 Å². The van der Waals surface area contributed by atoms with Gasteiger partial charge in [-0.15, -0.1) is 0 Å². The number of likely N-dealkylation sites (N-methyl/N-ethyl adjacent to an activating group) is 2. The Labute approximate surface area is 120 Å². The monoisotopic (exact) mass is 283 g/mol. The van der Waals surface area contributed by atoms with Gasteiger partial charge in [0.1, 0.15) is 0 Å². The maximum atomic E-state index is 12.1. The Hall–Kier alpha value is -1.30. The summed E-state index contributed by atoms with van der Waals surface area (Å²) in [4.78, 5) is 27.0. The third-order valence-corrected chi connectivity index (χ3v) is 4.61. The lowest BCUT2D eigenvalue weighted by Gasteiger charge is -2.27. The van der Waals surface area contributed by atoms with Gasteiger partial charge >= 0.3 is 12.0 Å². The molecule has 2 N–H and O–H groups in total. The van der Waals surface area contributed by atoms with Crippen molar-refractivity contribution in [2.45, 2.75) is 44.2 Å². The summed E-state index contributed by atoms with van der Waals surface area (Å²) in [6.07, 6.45) is 4.31. The molecular formula is C14H25N3O3. The average molecular weight is 283 g/mol. The summed E-state index contributed by atoms with van der Waals surface area (Å²) < 4.78 is 0. The van der Waals surface area contributed by atoms with Gasteiger partial charge in [0, 0.05) is 25.7 Å². The Morgan fingerprint density at radius 1 is 1.35 bits per heavy atom. The number of hydrogen-bond donors (Lipinski definition) is 2. The van der Waals surface area contributed by atoms with Crippen LogP contribution < -0.4 is 5.32 Å². The molecule has 3 atom stereocenters. The Morgan fingerprint density at radius 3 is 2.65 bits per heavy atom. The number of urea groups is 1. The second kappa shape index (κ2) is 6.43. The third-order valence-electron chi connectivity index (χ3n) is 4.61. The summed E-state index contributed by atoms with van der Waals surface area (Å²) in [5, 5.41) is 11.9. The van der Waals surface area contributed by atoms with Crippen LogP contribution in [-0.2, 0) is 4.79 Å². The molecule has 2 amide bonds. The highest BCUT2D eigenvalue weighted by Crippen LogP contribution is 2.25. The standard InChI is InChI=1S/C14H25N3O3/c1-16-7-3-4-12(16)9-17(2)14(20)15-11-6-5-10(8-11)13(18)19/h10-12H,3-9H2,1-2H3,(H,15,20)(H,18,19)/t10-,11+,12?/m1/s1. The lowest BCUT2D eigenvalue weighted by Crippen LogP contribution is -2.46. The van der Waals surface area contributed by atoms with Crippen LogP contribution in [0.2, 0.25) is 0 Å². The summed E-state index contributed by atoms with van der Waals surface area (Å²) in [6.45, 7) is 1.83. The van der Waals surface area contributed by atoms with Crippen molar-refractivity contribution in [3.63, 3.8) is 0 Å². The second-order valence-corrected chi connectivity index (χ2v) is 6.15. The minimum atomic E-state index is -0.748. The fourth-order valence-corrected chi connectivity index (χ4v) is 3.23. The van der Waals surface area contributed by atoms with Gasteiger partial charge in [0.25, 0.3) is 0 Å². The van der Waals surface area contributed by atoms with Crippen molar-refractivity contribution in [2.75, 3.05) is 27.2 Å². The number of carboxylic acids is 1. The number of amides is 2. The molecular weight excluding hydrogens is 258 g/mol. The zero-order valence-corrected chi connectivity index (χ0v) is 12.3. The van der Waals surface area contributed by atoms with Crippen LogP contribution in [0.5, 0.6) is 0 Å². The first-order chi connectivity index (χ1) is 9.47. The van der Waals surface area contributed by atoms with E-state index in [1.807, 2.05) is 7.05 Å². The molecule has 6 nitrogen and oxygen atoms in total. The minimum absolute atomic E-state index is 0.00681. The number of hydrogen-bond acceptors (Lipinski definition) is 3. The lowest BCUT2D eigenvalue weighted by atomic mass is 10.1. The summed E-state index contributed by atoms with van der Waals surface area (Å²) in [5.41, 5.74) is 0. The topological polar surface area (TPSA) is 72.9 Å². The van der Waals surface area contributed by atoms with Gasteiger partial charge in [0.2, 0.25) is 0 Å². The molecule has 20 heavy (non-hydrogen) atoms. The quantitative estimate of drug-likeness (QED) is 0.806. The highest BCUT2D eigenvalue weighted by molar-refractivity contribution is 5.75. The van der Waals surface area contributed by atoms with Crippen molar-refractivity contribution < 1.29 is 14.7 Å². The van der Waals surface area contributed by atoms with Crippen LogP contribution in [0.3, 0.4) is 0 Å². The van der Waals surface area contributed by atoms with Crippen molar-refractivity contribution in [1.29, 1.82) is 0 Å². The van der Waals surface area contributed by atoms with Crippen LogP contribution in [0.4, 0.5) is 4.79 Å². The second-order valence-electron chi connectivity index (χ2n) is 6.15. The molecule has 1 unspecified atom stereocenters. The van der Waals surface area contributed by atoms with E-state index in [2.05, 4.69) is 17.3 Å². The largest absolute Gasteiger partial charge is 0.481 e. The van der Waals surface area contributed by atoms with Gasteiger partial charge in [0.05, 0.1) is 5.92 Å². The molecule has 1 saturated carbocycles. The van der Waals surface area contributed by atoms with Crippen LogP contribution in [0, 0.1) is 5.92 Å². The molecule has 2 rings (SSSR count). The highest BCUT2D eigenvalue weighted by Gasteiger charge is 2.31. The fourth-order valence-electron chi connectivity index (χ4n) is 3.23. The molecule has 0 spiro atoms. The van der Waals surface area contributed by atoms with E-state index in [4.69, 9.17) is 5.11 Å². The normalized spacial score (nSPS) is 30.4. The summed E-state index contributed by atoms with van der Waals surface area (Å²) in [6, 6.07) is 0.370. The first-order valence-electron chi connectivity index (χ1n) is 7.42. The molecule has 2 fully saturated rings. The predicted octanol–water partition coefficient (Wildman–Crippen LogP) is 0.975. The molecule has 1 aliphatic heterocycles. The third kappa shape index (κ3) is 3.62.